The topological polar surface area (TPSA) is 81.1 Å². The molecule has 4 rings (SSSR count). The van der Waals surface area contributed by atoms with Crippen LogP contribution in [0.2, 0.25) is 0 Å². The van der Waals surface area contributed by atoms with Gasteiger partial charge in [0.25, 0.3) is 5.91 Å². The van der Waals surface area contributed by atoms with Crippen molar-refractivity contribution in [1.82, 2.24) is 14.9 Å². The van der Waals surface area contributed by atoms with Gasteiger partial charge in [-0.25, -0.2) is 13.4 Å². The van der Waals surface area contributed by atoms with Gasteiger partial charge in [-0.15, -0.1) is 0 Å². The summed E-state index contributed by atoms with van der Waals surface area (Å²) in [5.74, 6) is 1.03. The molecule has 0 spiro atoms. The summed E-state index contributed by atoms with van der Waals surface area (Å²) in [6, 6.07) is 15.4. The highest BCUT2D eigenvalue weighted by atomic mass is 32.2. The van der Waals surface area contributed by atoms with Crippen molar-refractivity contribution in [1.29, 1.82) is 0 Å². The Labute approximate surface area is 158 Å². The summed E-state index contributed by atoms with van der Waals surface area (Å²) in [6.07, 6.45) is 0.613. The van der Waals surface area contributed by atoms with Crippen molar-refractivity contribution in [2.24, 2.45) is 5.92 Å². The first kappa shape index (κ1) is 17.7. The van der Waals surface area contributed by atoms with Crippen molar-refractivity contribution >= 4 is 26.8 Å². The Morgan fingerprint density at radius 1 is 1.22 bits per heavy atom. The van der Waals surface area contributed by atoms with Gasteiger partial charge in [-0.1, -0.05) is 18.2 Å². The summed E-state index contributed by atoms with van der Waals surface area (Å²) in [4.78, 5) is 17.1. The predicted octanol–water partition coefficient (Wildman–Crippen LogP) is 2.50. The van der Waals surface area contributed by atoms with E-state index < -0.39 is 9.84 Å². The van der Waals surface area contributed by atoms with Gasteiger partial charge in [0.1, 0.15) is 5.82 Å². The summed E-state index contributed by atoms with van der Waals surface area (Å²) in [5.41, 5.74) is 3.25. The van der Waals surface area contributed by atoms with Crippen molar-refractivity contribution < 1.29 is 13.2 Å². The minimum absolute atomic E-state index is 0.00205. The van der Waals surface area contributed by atoms with Gasteiger partial charge in [0, 0.05) is 17.8 Å². The molecule has 1 atom stereocenters. The van der Waals surface area contributed by atoms with Gasteiger partial charge < -0.3 is 5.32 Å². The van der Waals surface area contributed by atoms with Gasteiger partial charge in [-0.2, -0.15) is 0 Å². The van der Waals surface area contributed by atoms with Crippen LogP contribution in [-0.2, 0) is 9.84 Å². The van der Waals surface area contributed by atoms with Crippen LogP contribution in [0.1, 0.15) is 22.6 Å². The summed E-state index contributed by atoms with van der Waals surface area (Å²) >= 11 is 0. The van der Waals surface area contributed by atoms with Gasteiger partial charge in [-0.3, -0.25) is 9.36 Å². The Kier molecular flexibility index (Phi) is 4.47. The number of fused-ring (bicyclic) bond motifs is 1. The molecular formula is C20H21N3O3S. The molecule has 1 fully saturated rings. The molecule has 1 N–H and O–H groups in total. The van der Waals surface area contributed by atoms with Crippen molar-refractivity contribution in [2.75, 3.05) is 18.1 Å². The Hall–Kier alpha value is -2.67. The first-order chi connectivity index (χ1) is 12.9. The molecule has 2 aromatic carbocycles. The lowest BCUT2D eigenvalue weighted by Crippen LogP contribution is -2.29. The van der Waals surface area contributed by atoms with Gasteiger partial charge in [0.15, 0.2) is 9.84 Å². The number of para-hydroxylation sites is 1. The molecule has 27 heavy (non-hydrogen) atoms. The van der Waals surface area contributed by atoms with Crippen LogP contribution in [0.5, 0.6) is 0 Å². The van der Waals surface area contributed by atoms with Gasteiger partial charge >= 0.3 is 0 Å². The third-order valence-electron chi connectivity index (χ3n) is 4.98. The van der Waals surface area contributed by atoms with Gasteiger partial charge in [0.05, 0.1) is 22.5 Å². The quantitative estimate of drug-likeness (QED) is 0.751. The molecule has 0 radical (unpaired) electrons. The normalized spacial score (nSPS) is 18.6. The number of benzene rings is 2. The average Bonchev–Trinajstić information content (AvgIpc) is 3.17. The standard InChI is InChI=1S/C20H21N3O3S/c1-14-22-18-11-16(20(24)21-12-15-9-10-27(25,26)13-15)7-8-19(18)23(14)17-5-3-2-4-6-17/h2-8,11,15H,9-10,12-13H2,1H3,(H,21,24). The number of carbonyl (C=O) groups is 1. The van der Waals surface area contributed by atoms with Crippen molar-refractivity contribution in [3.8, 4) is 5.69 Å². The fourth-order valence-electron chi connectivity index (χ4n) is 3.62. The van der Waals surface area contributed by atoms with E-state index in [4.69, 9.17) is 0 Å². The van der Waals surface area contributed by atoms with Crippen LogP contribution in [0.25, 0.3) is 16.7 Å². The van der Waals surface area contributed by atoms with Crippen LogP contribution in [0, 0.1) is 12.8 Å². The molecule has 1 amide bonds. The highest BCUT2D eigenvalue weighted by Gasteiger charge is 2.28. The number of nitrogens with one attached hydrogen (secondary N) is 1. The highest BCUT2D eigenvalue weighted by Crippen LogP contribution is 2.22. The highest BCUT2D eigenvalue weighted by molar-refractivity contribution is 7.91. The number of sulfone groups is 1. The molecular weight excluding hydrogens is 362 g/mol. The number of nitrogens with zero attached hydrogens (tertiary/aromatic N) is 2. The number of rotatable bonds is 4. The maximum absolute atomic E-state index is 12.5. The van der Waals surface area contributed by atoms with E-state index in [1.807, 2.05) is 43.3 Å². The van der Waals surface area contributed by atoms with E-state index >= 15 is 0 Å². The lowest BCUT2D eigenvalue weighted by molar-refractivity contribution is 0.0948. The van der Waals surface area contributed by atoms with E-state index in [9.17, 15) is 13.2 Å². The van der Waals surface area contributed by atoms with Crippen molar-refractivity contribution in [2.45, 2.75) is 13.3 Å². The Bertz CT molecular complexity index is 1100. The van der Waals surface area contributed by atoms with Gasteiger partial charge in [0.2, 0.25) is 0 Å². The number of carbonyl (C=O) groups excluding carboxylic acids is 1. The first-order valence-electron chi connectivity index (χ1n) is 8.96. The molecule has 6 nitrogen and oxygen atoms in total. The molecule has 0 aliphatic carbocycles. The Balaban J connectivity index is 1.55. The molecule has 140 valence electrons. The smallest absolute Gasteiger partial charge is 0.251 e. The van der Waals surface area contributed by atoms with Crippen molar-refractivity contribution in [3.05, 3.63) is 59.9 Å². The van der Waals surface area contributed by atoms with Gasteiger partial charge in [-0.05, 0) is 49.6 Å². The summed E-state index contributed by atoms with van der Waals surface area (Å²) in [7, 11) is -2.93. The van der Waals surface area contributed by atoms with Crippen LogP contribution in [0.3, 0.4) is 0 Å². The Morgan fingerprint density at radius 3 is 2.70 bits per heavy atom. The van der Waals surface area contributed by atoms with E-state index in [0.29, 0.717) is 18.5 Å². The summed E-state index contributed by atoms with van der Waals surface area (Å²) in [5, 5.41) is 2.86. The molecule has 1 aliphatic heterocycles. The van der Waals surface area contributed by atoms with E-state index in [2.05, 4.69) is 14.9 Å². The second kappa shape index (κ2) is 6.81. The number of aromatic nitrogens is 2. The maximum Gasteiger partial charge on any atom is 0.251 e. The van der Waals surface area contributed by atoms with E-state index in [-0.39, 0.29) is 23.3 Å². The van der Waals surface area contributed by atoms with Crippen LogP contribution >= 0.6 is 0 Å². The maximum atomic E-state index is 12.5. The molecule has 1 aliphatic rings. The fraction of sp³-hybridized carbons (Fsp3) is 0.300. The number of aryl methyl sites for hydroxylation is 1. The minimum atomic E-state index is -2.93. The second-order valence-electron chi connectivity index (χ2n) is 7.01. The monoisotopic (exact) mass is 383 g/mol. The Morgan fingerprint density at radius 2 is 2.00 bits per heavy atom. The molecule has 3 aromatic rings. The number of hydrogen-bond donors (Lipinski definition) is 1. The number of amides is 1. The molecule has 7 heteroatoms. The zero-order chi connectivity index (χ0) is 19.0. The van der Waals surface area contributed by atoms with E-state index in [1.165, 1.54) is 0 Å². The molecule has 1 unspecified atom stereocenters. The first-order valence-corrected chi connectivity index (χ1v) is 10.8. The summed E-state index contributed by atoms with van der Waals surface area (Å²) in [6.45, 7) is 2.32. The largest absolute Gasteiger partial charge is 0.352 e. The predicted molar refractivity (Wildman–Crippen MR) is 105 cm³/mol. The number of imidazole rings is 1. The van der Waals surface area contributed by atoms with Crippen LogP contribution in [0.4, 0.5) is 0 Å². The minimum Gasteiger partial charge on any atom is -0.352 e. The van der Waals surface area contributed by atoms with Crippen LogP contribution < -0.4 is 5.32 Å². The van der Waals surface area contributed by atoms with Crippen LogP contribution in [-0.4, -0.2) is 41.9 Å². The SMILES string of the molecule is Cc1nc2cc(C(=O)NCC3CCS(=O)(=O)C3)ccc2n1-c1ccccc1. The van der Waals surface area contributed by atoms with Crippen molar-refractivity contribution in [3.63, 3.8) is 0 Å². The average molecular weight is 383 g/mol. The molecule has 0 saturated carbocycles. The van der Waals surface area contributed by atoms with E-state index in [1.54, 1.807) is 12.1 Å². The lowest BCUT2D eigenvalue weighted by atomic mass is 10.1. The van der Waals surface area contributed by atoms with Crippen LogP contribution in [0.15, 0.2) is 48.5 Å². The zero-order valence-electron chi connectivity index (χ0n) is 15.1. The molecule has 1 aromatic heterocycles. The second-order valence-corrected chi connectivity index (χ2v) is 9.24. The third kappa shape index (κ3) is 3.60. The third-order valence-corrected chi connectivity index (χ3v) is 6.81. The molecule has 2 heterocycles. The van der Waals surface area contributed by atoms with E-state index in [0.717, 1.165) is 22.5 Å². The number of hydrogen-bond acceptors (Lipinski definition) is 4. The molecule has 0 bridgehead atoms. The zero-order valence-corrected chi connectivity index (χ0v) is 15.9. The summed E-state index contributed by atoms with van der Waals surface area (Å²) < 4.78 is 25.1. The lowest BCUT2D eigenvalue weighted by Gasteiger charge is -2.10. The molecule has 1 saturated heterocycles. The fourth-order valence-corrected chi connectivity index (χ4v) is 5.48.